The first kappa shape index (κ1) is 35.4. The third-order valence-corrected chi connectivity index (χ3v) is 8.84. The summed E-state index contributed by atoms with van der Waals surface area (Å²) in [6.45, 7) is 6.04. The predicted molar refractivity (Wildman–Crippen MR) is 182 cm³/mol. The third kappa shape index (κ3) is 10.1. The summed E-state index contributed by atoms with van der Waals surface area (Å²) < 4.78 is 13.2. The molecule has 6 rings (SSSR count). The maximum atomic E-state index is 13.7. The van der Waals surface area contributed by atoms with Crippen molar-refractivity contribution in [2.45, 2.75) is 58.0 Å². The Labute approximate surface area is 288 Å². The average molecular weight is 691 g/mol. The molecule has 2 aromatic heterocycles. The van der Waals surface area contributed by atoms with Crippen molar-refractivity contribution in [1.29, 1.82) is 0 Å². The second-order valence-corrected chi connectivity index (χ2v) is 12.9. The van der Waals surface area contributed by atoms with Gasteiger partial charge in [0, 0.05) is 56.2 Å². The molecule has 4 N–H and O–H groups in total. The van der Waals surface area contributed by atoms with Gasteiger partial charge >= 0.3 is 0 Å². The van der Waals surface area contributed by atoms with Crippen LogP contribution in [0.5, 0.6) is 11.5 Å². The van der Waals surface area contributed by atoms with Gasteiger partial charge in [0.2, 0.25) is 11.8 Å². The summed E-state index contributed by atoms with van der Waals surface area (Å²) in [5, 5.41) is 30.5. The van der Waals surface area contributed by atoms with Crippen LogP contribution >= 0.6 is 11.3 Å². The van der Waals surface area contributed by atoms with Crippen molar-refractivity contribution < 1.29 is 29.0 Å². The fourth-order valence-electron chi connectivity index (χ4n) is 5.40. The fraction of sp³-hybridized carbons (Fsp3) is 0.412. The molecule has 4 heterocycles. The molecule has 0 radical (unpaired) electrons. The van der Waals surface area contributed by atoms with E-state index in [9.17, 15) is 19.5 Å². The Morgan fingerprint density at radius 2 is 1.90 bits per heavy atom. The van der Waals surface area contributed by atoms with Gasteiger partial charge < -0.3 is 30.5 Å². The lowest BCUT2D eigenvalue weighted by atomic mass is 10.0. The molecule has 0 aliphatic carbocycles. The van der Waals surface area contributed by atoms with Crippen LogP contribution in [0.1, 0.15) is 39.2 Å². The highest BCUT2D eigenvalue weighted by molar-refractivity contribution is 7.09. The van der Waals surface area contributed by atoms with E-state index in [0.717, 1.165) is 22.0 Å². The number of aryl methyl sites for hydroxylation is 1. The van der Waals surface area contributed by atoms with Crippen molar-refractivity contribution in [1.82, 2.24) is 40.8 Å². The number of aromatic nitrogens is 4. The van der Waals surface area contributed by atoms with Crippen LogP contribution in [0.3, 0.4) is 0 Å². The SMILES string of the molecule is COc1cc2ccc1OCCn1cc(nn1)CCN(Cc1csc(C)n1)CCNC(=O)[C@H]([C@@H](C)O)NC(=O)[C@@H](Cc1ccccc1)NC2=O. The summed E-state index contributed by atoms with van der Waals surface area (Å²) in [6.07, 6.45) is 1.43. The van der Waals surface area contributed by atoms with Gasteiger partial charge in [0.1, 0.15) is 18.7 Å². The minimum absolute atomic E-state index is 0.153. The monoisotopic (exact) mass is 690 g/mol. The van der Waals surface area contributed by atoms with Gasteiger partial charge in [0.25, 0.3) is 5.91 Å². The highest BCUT2D eigenvalue weighted by Crippen LogP contribution is 2.28. The van der Waals surface area contributed by atoms with Gasteiger partial charge in [-0.25, -0.2) is 9.67 Å². The molecule has 4 bridgehead atoms. The number of hydrogen-bond acceptors (Lipinski definition) is 11. The first-order valence-electron chi connectivity index (χ1n) is 16.1. The minimum atomic E-state index is -1.26. The summed E-state index contributed by atoms with van der Waals surface area (Å²) in [5.74, 6) is -0.899. The molecule has 0 spiro atoms. The minimum Gasteiger partial charge on any atom is -0.493 e. The van der Waals surface area contributed by atoms with Gasteiger partial charge in [-0.15, -0.1) is 16.4 Å². The molecule has 3 atom stereocenters. The van der Waals surface area contributed by atoms with E-state index in [4.69, 9.17) is 9.47 Å². The smallest absolute Gasteiger partial charge is 0.252 e. The number of amides is 3. The molecule has 0 saturated heterocycles. The highest BCUT2D eigenvalue weighted by atomic mass is 32.1. The maximum Gasteiger partial charge on any atom is 0.252 e. The Kier molecular flexibility index (Phi) is 12.3. The number of nitrogens with one attached hydrogen (secondary N) is 3. The topological polar surface area (TPSA) is 173 Å². The van der Waals surface area contributed by atoms with Crippen molar-refractivity contribution in [3.05, 3.63) is 87.6 Å². The number of fused-ring (bicyclic) bond motifs is 16. The van der Waals surface area contributed by atoms with Gasteiger partial charge in [0.05, 0.1) is 36.2 Å². The second-order valence-electron chi connectivity index (χ2n) is 11.8. The number of thiazole rings is 1. The number of aliphatic hydroxyl groups is 1. The van der Waals surface area contributed by atoms with Crippen LogP contribution in [0.4, 0.5) is 0 Å². The average Bonchev–Trinajstić information content (AvgIpc) is 3.73. The zero-order valence-corrected chi connectivity index (χ0v) is 28.6. The zero-order chi connectivity index (χ0) is 34.8. The number of carbonyl (C=O) groups excluding carboxylic acids is 3. The standard InChI is InChI=1S/C34H42N8O6S/c1-22(43)31-34(46)35-12-14-41(19-27-21-49-23(2)36-27)13-11-26-20-42(40-39-26)15-16-48-29-10-9-25(18-30(29)47-3)32(44)37-28(33(45)38-31)17-24-7-5-4-6-8-24/h4-10,18,20-22,28,31,43H,11-17,19H2,1-3H3,(H,35,46)(H,37,44)(H,38,45)/t22-,28-,31+/m1/s1. The van der Waals surface area contributed by atoms with Crippen LogP contribution in [0, 0.1) is 6.92 Å². The van der Waals surface area contributed by atoms with Gasteiger partial charge in [-0.3, -0.25) is 19.3 Å². The number of carbonyl (C=O) groups is 3. The molecule has 2 aliphatic rings. The molecular formula is C34H42N8O6S. The van der Waals surface area contributed by atoms with Crippen molar-refractivity contribution in [2.24, 2.45) is 0 Å². The Balaban J connectivity index is 1.40. The maximum absolute atomic E-state index is 13.7. The van der Waals surface area contributed by atoms with Crippen LogP contribution in [-0.2, 0) is 35.5 Å². The number of benzene rings is 2. The molecule has 49 heavy (non-hydrogen) atoms. The molecule has 2 aromatic carbocycles. The van der Waals surface area contributed by atoms with E-state index in [0.29, 0.717) is 44.1 Å². The molecule has 14 nitrogen and oxygen atoms in total. The molecule has 0 fully saturated rings. The Morgan fingerprint density at radius 3 is 2.63 bits per heavy atom. The van der Waals surface area contributed by atoms with E-state index in [1.807, 2.05) is 48.8 Å². The Morgan fingerprint density at radius 1 is 1.08 bits per heavy atom. The molecule has 260 valence electrons. The van der Waals surface area contributed by atoms with Crippen molar-refractivity contribution in [3.63, 3.8) is 0 Å². The van der Waals surface area contributed by atoms with E-state index in [2.05, 4.69) is 36.1 Å². The first-order valence-corrected chi connectivity index (χ1v) is 17.0. The lowest BCUT2D eigenvalue weighted by Gasteiger charge is -2.26. The van der Waals surface area contributed by atoms with E-state index >= 15 is 0 Å². The van der Waals surface area contributed by atoms with Crippen LogP contribution in [-0.4, -0.2) is 99.2 Å². The summed E-state index contributed by atoms with van der Waals surface area (Å²) in [7, 11) is 1.48. The summed E-state index contributed by atoms with van der Waals surface area (Å²) in [6, 6.07) is 11.7. The molecule has 15 heteroatoms. The largest absolute Gasteiger partial charge is 0.493 e. The van der Waals surface area contributed by atoms with Gasteiger partial charge in [-0.05, 0) is 37.6 Å². The van der Waals surface area contributed by atoms with E-state index in [1.54, 1.807) is 28.2 Å². The van der Waals surface area contributed by atoms with Gasteiger partial charge in [-0.1, -0.05) is 35.5 Å². The van der Waals surface area contributed by atoms with Crippen LogP contribution in [0.15, 0.2) is 60.1 Å². The van der Waals surface area contributed by atoms with Gasteiger partial charge in [0.15, 0.2) is 11.5 Å². The number of hydrogen-bond donors (Lipinski definition) is 4. The van der Waals surface area contributed by atoms with Gasteiger partial charge in [-0.2, -0.15) is 0 Å². The number of aliphatic hydroxyl groups excluding tert-OH is 1. The number of ether oxygens (including phenoxy) is 2. The van der Waals surface area contributed by atoms with E-state index in [1.165, 1.54) is 20.1 Å². The Bertz CT molecular complexity index is 1710. The normalized spacial score (nSPS) is 19.3. The predicted octanol–water partition coefficient (Wildman–Crippen LogP) is 1.51. The Hall–Kier alpha value is -4.86. The molecule has 3 amide bonds. The lowest BCUT2D eigenvalue weighted by Crippen LogP contribution is -2.58. The van der Waals surface area contributed by atoms with Crippen molar-refractivity contribution >= 4 is 29.1 Å². The second kappa shape index (κ2) is 17.0. The number of methoxy groups -OCH3 is 1. The summed E-state index contributed by atoms with van der Waals surface area (Å²) >= 11 is 1.57. The van der Waals surface area contributed by atoms with E-state index in [-0.39, 0.29) is 25.1 Å². The fourth-order valence-corrected chi connectivity index (χ4v) is 6.00. The molecule has 0 unspecified atom stereocenters. The van der Waals surface area contributed by atoms with Crippen molar-refractivity contribution in [2.75, 3.05) is 33.4 Å². The van der Waals surface area contributed by atoms with Crippen LogP contribution < -0.4 is 25.4 Å². The van der Waals surface area contributed by atoms with E-state index < -0.39 is 35.9 Å². The number of rotatable bonds is 6. The molecule has 4 aromatic rings. The highest BCUT2D eigenvalue weighted by Gasteiger charge is 2.30. The zero-order valence-electron chi connectivity index (χ0n) is 27.8. The first-order chi connectivity index (χ1) is 23.7. The summed E-state index contributed by atoms with van der Waals surface area (Å²) in [5.41, 5.74) is 2.78. The van der Waals surface area contributed by atoms with Crippen LogP contribution in [0.2, 0.25) is 0 Å². The molecule has 2 aliphatic heterocycles. The molecular weight excluding hydrogens is 648 g/mol. The molecule has 0 saturated carbocycles. The quantitative estimate of drug-likeness (QED) is 0.217. The summed E-state index contributed by atoms with van der Waals surface area (Å²) in [4.78, 5) is 47.3. The lowest BCUT2D eigenvalue weighted by molar-refractivity contribution is -0.132. The third-order valence-electron chi connectivity index (χ3n) is 8.02. The van der Waals surface area contributed by atoms with Crippen molar-refractivity contribution in [3.8, 4) is 11.5 Å². The van der Waals surface area contributed by atoms with Crippen LogP contribution in [0.25, 0.3) is 0 Å². The number of nitrogens with zero attached hydrogens (tertiary/aromatic N) is 5.